The van der Waals surface area contributed by atoms with Gasteiger partial charge in [0.2, 0.25) is 5.91 Å². The molecule has 1 amide bonds. The molecule has 21 heavy (non-hydrogen) atoms. The largest absolute Gasteiger partial charge is 0.465 e. The first kappa shape index (κ1) is 15.4. The number of amides is 1. The first-order valence-electron chi connectivity index (χ1n) is 6.98. The number of nitrogens with one attached hydrogen (secondary N) is 2. The molecular weight excluding hydrogens is 275 g/mol. The Bertz CT molecular complexity index is 528. The van der Waals surface area contributed by atoms with Gasteiger partial charge in [0, 0.05) is 6.42 Å². The van der Waals surface area contributed by atoms with Gasteiger partial charge in [-0.2, -0.15) is 0 Å². The van der Waals surface area contributed by atoms with E-state index in [0.29, 0.717) is 12.3 Å². The standard InChI is InChI=1S/C15H19FN2O3/c1-21-15(20)12-4-3-11(16)8-13(12)18-14(19)5-2-10-6-7-17-9-10/h3-4,8,10,17H,2,5-7,9H2,1H3,(H,18,19). The third-order valence-electron chi connectivity index (χ3n) is 3.60. The maximum atomic E-state index is 13.3. The summed E-state index contributed by atoms with van der Waals surface area (Å²) < 4.78 is 17.9. The minimum atomic E-state index is -0.606. The number of hydrogen-bond donors (Lipinski definition) is 2. The molecule has 6 heteroatoms. The zero-order chi connectivity index (χ0) is 15.2. The van der Waals surface area contributed by atoms with Gasteiger partial charge in [-0.05, 0) is 50.0 Å². The van der Waals surface area contributed by atoms with Crippen LogP contribution >= 0.6 is 0 Å². The van der Waals surface area contributed by atoms with Crippen LogP contribution in [0.4, 0.5) is 10.1 Å². The lowest BCUT2D eigenvalue weighted by Crippen LogP contribution is -2.17. The fourth-order valence-electron chi connectivity index (χ4n) is 2.42. The predicted molar refractivity (Wildman–Crippen MR) is 76.6 cm³/mol. The van der Waals surface area contributed by atoms with Gasteiger partial charge in [-0.15, -0.1) is 0 Å². The molecule has 0 aromatic heterocycles. The first-order chi connectivity index (χ1) is 10.1. The second kappa shape index (κ2) is 7.17. The summed E-state index contributed by atoms with van der Waals surface area (Å²) in [6.45, 7) is 1.92. The van der Waals surface area contributed by atoms with Crippen molar-refractivity contribution in [3.8, 4) is 0 Å². The van der Waals surface area contributed by atoms with Gasteiger partial charge in [-0.3, -0.25) is 4.79 Å². The number of carbonyl (C=O) groups excluding carboxylic acids is 2. The zero-order valence-electron chi connectivity index (χ0n) is 11.9. The fraction of sp³-hybridized carbons (Fsp3) is 0.467. The second-order valence-electron chi connectivity index (χ2n) is 5.13. The summed E-state index contributed by atoms with van der Waals surface area (Å²) in [6.07, 6.45) is 2.20. The van der Waals surface area contributed by atoms with E-state index in [1.807, 2.05) is 0 Å². The normalized spacial score (nSPS) is 17.5. The van der Waals surface area contributed by atoms with Crippen molar-refractivity contribution < 1.29 is 18.7 Å². The zero-order valence-corrected chi connectivity index (χ0v) is 11.9. The Balaban J connectivity index is 1.98. The van der Waals surface area contributed by atoms with Gasteiger partial charge < -0.3 is 15.4 Å². The Kier molecular flexibility index (Phi) is 5.27. The molecule has 1 aliphatic rings. The molecule has 0 radical (unpaired) electrons. The highest BCUT2D eigenvalue weighted by Crippen LogP contribution is 2.20. The van der Waals surface area contributed by atoms with Crippen LogP contribution in [-0.2, 0) is 9.53 Å². The second-order valence-corrected chi connectivity index (χ2v) is 5.13. The van der Waals surface area contributed by atoms with Crippen molar-refractivity contribution >= 4 is 17.6 Å². The van der Waals surface area contributed by atoms with E-state index in [-0.39, 0.29) is 17.2 Å². The summed E-state index contributed by atoms with van der Waals surface area (Å²) in [7, 11) is 1.24. The molecule has 114 valence electrons. The van der Waals surface area contributed by atoms with Crippen LogP contribution in [0.15, 0.2) is 18.2 Å². The van der Waals surface area contributed by atoms with Crippen molar-refractivity contribution in [2.45, 2.75) is 19.3 Å². The van der Waals surface area contributed by atoms with Crippen LogP contribution in [0.5, 0.6) is 0 Å². The smallest absolute Gasteiger partial charge is 0.339 e. The quantitative estimate of drug-likeness (QED) is 0.814. The molecule has 2 N–H and O–H groups in total. The maximum absolute atomic E-state index is 13.3. The molecular formula is C15H19FN2O3. The Morgan fingerprint density at radius 2 is 2.29 bits per heavy atom. The number of benzene rings is 1. The fourth-order valence-corrected chi connectivity index (χ4v) is 2.42. The summed E-state index contributed by atoms with van der Waals surface area (Å²) in [5.74, 6) is -0.843. The van der Waals surface area contributed by atoms with Crippen LogP contribution < -0.4 is 10.6 Å². The molecule has 0 saturated carbocycles. The lowest BCUT2D eigenvalue weighted by Gasteiger charge is -2.11. The van der Waals surface area contributed by atoms with Crippen molar-refractivity contribution in [1.82, 2.24) is 5.32 Å². The Labute approximate surface area is 122 Å². The van der Waals surface area contributed by atoms with Crippen molar-refractivity contribution in [1.29, 1.82) is 0 Å². The Morgan fingerprint density at radius 3 is 2.95 bits per heavy atom. The van der Waals surface area contributed by atoms with Gasteiger partial charge >= 0.3 is 5.97 Å². The van der Waals surface area contributed by atoms with Crippen LogP contribution in [0.3, 0.4) is 0 Å². The van der Waals surface area contributed by atoms with E-state index in [0.717, 1.165) is 38.1 Å². The summed E-state index contributed by atoms with van der Waals surface area (Å²) in [6, 6.07) is 3.59. The van der Waals surface area contributed by atoms with Crippen LogP contribution in [0.25, 0.3) is 0 Å². The average molecular weight is 294 g/mol. The van der Waals surface area contributed by atoms with Crippen molar-refractivity contribution in [3.05, 3.63) is 29.6 Å². The highest BCUT2D eigenvalue weighted by atomic mass is 19.1. The molecule has 1 fully saturated rings. The molecule has 1 aliphatic heterocycles. The molecule has 1 unspecified atom stereocenters. The van der Waals surface area contributed by atoms with E-state index >= 15 is 0 Å². The Morgan fingerprint density at radius 1 is 1.48 bits per heavy atom. The molecule has 0 bridgehead atoms. The van der Waals surface area contributed by atoms with Gasteiger partial charge in [0.05, 0.1) is 18.4 Å². The molecule has 1 aromatic rings. The maximum Gasteiger partial charge on any atom is 0.339 e. The van der Waals surface area contributed by atoms with Gasteiger partial charge in [0.1, 0.15) is 5.82 Å². The Hall–Kier alpha value is -1.95. The molecule has 1 atom stereocenters. The minimum absolute atomic E-state index is 0.148. The number of esters is 1. The number of hydrogen-bond acceptors (Lipinski definition) is 4. The van der Waals surface area contributed by atoms with E-state index < -0.39 is 11.8 Å². The van der Waals surface area contributed by atoms with Gasteiger partial charge in [-0.1, -0.05) is 0 Å². The molecule has 1 aromatic carbocycles. The highest BCUT2D eigenvalue weighted by Gasteiger charge is 2.18. The average Bonchev–Trinajstić information content (AvgIpc) is 2.98. The van der Waals surface area contributed by atoms with Crippen LogP contribution in [0.1, 0.15) is 29.6 Å². The number of carbonyl (C=O) groups is 2. The van der Waals surface area contributed by atoms with Crippen LogP contribution in [0, 0.1) is 11.7 Å². The molecule has 1 saturated heterocycles. The number of anilines is 1. The number of methoxy groups -OCH3 is 1. The molecule has 1 heterocycles. The topological polar surface area (TPSA) is 67.4 Å². The van der Waals surface area contributed by atoms with Gasteiger partial charge in [-0.25, -0.2) is 9.18 Å². The summed E-state index contributed by atoms with van der Waals surface area (Å²) in [5.41, 5.74) is 0.297. The van der Waals surface area contributed by atoms with Gasteiger partial charge in [0.25, 0.3) is 0 Å². The number of ether oxygens (including phenoxy) is 1. The number of halogens is 1. The van der Waals surface area contributed by atoms with E-state index in [1.165, 1.54) is 13.2 Å². The molecule has 0 spiro atoms. The van der Waals surface area contributed by atoms with Crippen LogP contribution in [-0.4, -0.2) is 32.1 Å². The summed E-state index contributed by atoms with van der Waals surface area (Å²) >= 11 is 0. The summed E-state index contributed by atoms with van der Waals surface area (Å²) in [4.78, 5) is 23.5. The van der Waals surface area contributed by atoms with E-state index in [4.69, 9.17) is 0 Å². The third kappa shape index (κ3) is 4.26. The molecule has 2 rings (SSSR count). The van der Waals surface area contributed by atoms with Crippen molar-refractivity contribution in [2.24, 2.45) is 5.92 Å². The van der Waals surface area contributed by atoms with Gasteiger partial charge in [0.15, 0.2) is 0 Å². The first-order valence-corrected chi connectivity index (χ1v) is 6.98. The minimum Gasteiger partial charge on any atom is -0.465 e. The van der Waals surface area contributed by atoms with Crippen molar-refractivity contribution in [2.75, 3.05) is 25.5 Å². The third-order valence-corrected chi connectivity index (χ3v) is 3.60. The van der Waals surface area contributed by atoms with E-state index in [9.17, 15) is 14.0 Å². The lowest BCUT2D eigenvalue weighted by molar-refractivity contribution is -0.116. The summed E-state index contributed by atoms with van der Waals surface area (Å²) in [5, 5.41) is 5.83. The van der Waals surface area contributed by atoms with Crippen molar-refractivity contribution in [3.63, 3.8) is 0 Å². The van der Waals surface area contributed by atoms with E-state index in [1.54, 1.807) is 0 Å². The molecule has 5 nitrogen and oxygen atoms in total. The lowest BCUT2D eigenvalue weighted by atomic mass is 10.0. The molecule has 0 aliphatic carbocycles. The van der Waals surface area contributed by atoms with Crippen LogP contribution in [0.2, 0.25) is 0 Å². The SMILES string of the molecule is COC(=O)c1ccc(F)cc1NC(=O)CCC1CCNC1. The predicted octanol–water partition coefficient (Wildman–Crippen LogP) is 1.94. The number of rotatable bonds is 5. The highest BCUT2D eigenvalue weighted by molar-refractivity contribution is 6.01. The monoisotopic (exact) mass is 294 g/mol. The van der Waals surface area contributed by atoms with E-state index in [2.05, 4.69) is 15.4 Å².